The number of hydrogen-bond acceptors (Lipinski definition) is 6. The lowest BCUT2D eigenvalue weighted by molar-refractivity contribution is -0.142. The highest BCUT2D eigenvalue weighted by molar-refractivity contribution is 5.93. The molecule has 3 aliphatic rings. The summed E-state index contributed by atoms with van der Waals surface area (Å²) in [6.07, 6.45) is 6.33. The molecule has 0 aromatic heterocycles. The number of aliphatic hydroxyl groups is 1. The van der Waals surface area contributed by atoms with Gasteiger partial charge in [-0.25, -0.2) is 0 Å². The van der Waals surface area contributed by atoms with Gasteiger partial charge < -0.3 is 31.1 Å². The molecule has 4 atom stereocenters. The first-order valence-corrected chi connectivity index (χ1v) is 12.8. The van der Waals surface area contributed by atoms with E-state index in [1.165, 1.54) is 0 Å². The van der Waals surface area contributed by atoms with Crippen LogP contribution >= 0.6 is 0 Å². The van der Waals surface area contributed by atoms with Crippen molar-refractivity contribution in [1.82, 2.24) is 21.3 Å². The van der Waals surface area contributed by atoms with E-state index in [4.69, 9.17) is 4.74 Å². The predicted molar refractivity (Wildman–Crippen MR) is 124 cm³/mol. The maximum absolute atomic E-state index is 13.5. The van der Waals surface area contributed by atoms with E-state index in [1.54, 1.807) is 0 Å². The maximum atomic E-state index is 13.5. The molecular formula is C24H42N4O5. The van der Waals surface area contributed by atoms with E-state index >= 15 is 0 Å². The Morgan fingerprint density at radius 1 is 1.03 bits per heavy atom. The van der Waals surface area contributed by atoms with Gasteiger partial charge in [-0.1, -0.05) is 39.5 Å². The van der Waals surface area contributed by atoms with Crippen LogP contribution in [0.25, 0.3) is 0 Å². The first-order valence-electron chi connectivity index (χ1n) is 12.8. The molecule has 9 heteroatoms. The third-order valence-electron chi connectivity index (χ3n) is 7.24. The number of ether oxygens (including phenoxy) is 1. The van der Waals surface area contributed by atoms with Crippen LogP contribution in [0, 0.1) is 5.92 Å². The minimum Gasteiger partial charge on any atom is -0.381 e. The standard InChI is InChI=1S/C24H42N4O5/c1-16(2)19(20(29)22(31)26-17-9-4-7-13-25-15-17)27-23(32)24(11-5-3-6-12-24)28-21(30)18-10-8-14-33-18/h16-20,25,29H,3-15H2,1-2H3,(H,26,31)(H,27,32)(H,28,30)/t17-,18-,19-,20-/m0/s1. The molecule has 188 valence electrons. The Morgan fingerprint density at radius 3 is 2.45 bits per heavy atom. The van der Waals surface area contributed by atoms with Crippen LogP contribution in [0.4, 0.5) is 0 Å². The molecule has 3 rings (SSSR count). The van der Waals surface area contributed by atoms with Crippen molar-refractivity contribution < 1.29 is 24.2 Å². The zero-order valence-electron chi connectivity index (χ0n) is 20.2. The number of carbonyl (C=O) groups excluding carboxylic acids is 3. The van der Waals surface area contributed by atoms with Crippen molar-refractivity contribution in [2.45, 2.75) is 108 Å². The Labute approximate surface area is 197 Å². The van der Waals surface area contributed by atoms with Crippen LogP contribution in [0.5, 0.6) is 0 Å². The van der Waals surface area contributed by atoms with Gasteiger partial charge in [0.2, 0.25) is 11.8 Å². The van der Waals surface area contributed by atoms with Crippen molar-refractivity contribution in [1.29, 1.82) is 0 Å². The van der Waals surface area contributed by atoms with Gasteiger partial charge in [-0.3, -0.25) is 14.4 Å². The molecule has 0 aromatic rings. The number of amides is 3. The molecule has 1 aliphatic carbocycles. The van der Waals surface area contributed by atoms with Crippen LogP contribution < -0.4 is 21.3 Å². The van der Waals surface area contributed by atoms with Gasteiger partial charge in [0, 0.05) is 19.2 Å². The Bertz CT molecular complexity index is 666. The zero-order valence-corrected chi connectivity index (χ0v) is 20.2. The maximum Gasteiger partial charge on any atom is 0.251 e. The number of hydrogen-bond donors (Lipinski definition) is 5. The molecule has 3 amide bonds. The minimum atomic E-state index is -1.37. The molecule has 0 aromatic carbocycles. The summed E-state index contributed by atoms with van der Waals surface area (Å²) in [5, 5.41) is 23.0. The second-order valence-electron chi connectivity index (χ2n) is 10.2. The average molecular weight is 467 g/mol. The predicted octanol–water partition coefficient (Wildman–Crippen LogP) is 0.745. The van der Waals surface area contributed by atoms with Crippen LogP contribution in [-0.2, 0) is 19.1 Å². The number of nitrogens with one attached hydrogen (secondary N) is 4. The first-order chi connectivity index (χ1) is 15.8. The molecule has 2 heterocycles. The Balaban J connectivity index is 1.66. The van der Waals surface area contributed by atoms with E-state index in [-0.39, 0.29) is 23.8 Å². The van der Waals surface area contributed by atoms with Gasteiger partial charge in [0.1, 0.15) is 11.6 Å². The molecule has 2 saturated heterocycles. The smallest absolute Gasteiger partial charge is 0.251 e. The van der Waals surface area contributed by atoms with E-state index in [0.29, 0.717) is 32.4 Å². The zero-order chi connectivity index (χ0) is 23.8. The summed E-state index contributed by atoms with van der Waals surface area (Å²) in [6.45, 7) is 5.90. The molecule has 0 unspecified atom stereocenters. The van der Waals surface area contributed by atoms with Gasteiger partial charge in [-0.2, -0.15) is 0 Å². The molecule has 0 bridgehead atoms. The van der Waals surface area contributed by atoms with Gasteiger partial charge in [-0.15, -0.1) is 0 Å². The summed E-state index contributed by atoms with van der Waals surface area (Å²) in [4.78, 5) is 39.2. The topological polar surface area (TPSA) is 129 Å². The summed E-state index contributed by atoms with van der Waals surface area (Å²) in [5.74, 6) is -1.21. The lowest BCUT2D eigenvalue weighted by Crippen LogP contribution is -2.65. The Kier molecular flexibility index (Phi) is 9.52. The molecule has 0 spiro atoms. The molecule has 2 aliphatic heterocycles. The van der Waals surface area contributed by atoms with Gasteiger partial charge >= 0.3 is 0 Å². The Morgan fingerprint density at radius 2 is 1.79 bits per heavy atom. The van der Waals surface area contributed by atoms with Crippen molar-refractivity contribution in [3.05, 3.63) is 0 Å². The molecule has 3 fully saturated rings. The number of aliphatic hydroxyl groups excluding tert-OH is 1. The van der Waals surface area contributed by atoms with E-state index in [0.717, 1.165) is 51.5 Å². The van der Waals surface area contributed by atoms with Gasteiger partial charge in [0.05, 0.1) is 6.04 Å². The van der Waals surface area contributed by atoms with Crippen molar-refractivity contribution in [2.24, 2.45) is 5.92 Å². The molecule has 33 heavy (non-hydrogen) atoms. The Hall–Kier alpha value is -1.71. The van der Waals surface area contributed by atoms with E-state index in [1.807, 2.05) is 13.8 Å². The molecule has 5 N–H and O–H groups in total. The number of carbonyl (C=O) groups is 3. The first kappa shape index (κ1) is 25.9. The highest BCUT2D eigenvalue weighted by Gasteiger charge is 2.44. The normalized spacial score (nSPS) is 27.3. The van der Waals surface area contributed by atoms with Crippen molar-refractivity contribution in [3.63, 3.8) is 0 Å². The van der Waals surface area contributed by atoms with E-state index in [2.05, 4.69) is 21.3 Å². The molecular weight excluding hydrogens is 424 g/mol. The monoisotopic (exact) mass is 466 g/mol. The molecule has 1 saturated carbocycles. The van der Waals surface area contributed by atoms with Gasteiger partial charge in [0.15, 0.2) is 6.10 Å². The lowest BCUT2D eigenvalue weighted by Gasteiger charge is -2.39. The molecule has 9 nitrogen and oxygen atoms in total. The minimum absolute atomic E-state index is 0.0337. The van der Waals surface area contributed by atoms with Crippen LogP contribution in [0.3, 0.4) is 0 Å². The number of rotatable bonds is 8. The third kappa shape index (κ3) is 6.90. The van der Waals surface area contributed by atoms with Gasteiger partial charge in [-0.05, 0) is 51.0 Å². The summed E-state index contributed by atoms with van der Waals surface area (Å²) in [7, 11) is 0. The fourth-order valence-corrected chi connectivity index (χ4v) is 5.16. The summed E-state index contributed by atoms with van der Waals surface area (Å²) in [6, 6.07) is -0.789. The van der Waals surface area contributed by atoms with E-state index in [9.17, 15) is 19.5 Å². The highest BCUT2D eigenvalue weighted by Crippen LogP contribution is 2.30. The average Bonchev–Trinajstić information content (AvgIpc) is 3.23. The van der Waals surface area contributed by atoms with Gasteiger partial charge in [0.25, 0.3) is 5.91 Å². The largest absolute Gasteiger partial charge is 0.381 e. The van der Waals surface area contributed by atoms with Crippen LogP contribution in [-0.4, -0.2) is 72.4 Å². The van der Waals surface area contributed by atoms with Crippen molar-refractivity contribution in [2.75, 3.05) is 19.7 Å². The quantitative estimate of drug-likeness (QED) is 0.359. The van der Waals surface area contributed by atoms with Crippen LogP contribution in [0.1, 0.15) is 78.1 Å². The lowest BCUT2D eigenvalue weighted by atomic mass is 9.80. The van der Waals surface area contributed by atoms with E-state index < -0.39 is 29.7 Å². The van der Waals surface area contributed by atoms with Crippen molar-refractivity contribution in [3.8, 4) is 0 Å². The van der Waals surface area contributed by atoms with Crippen LogP contribution in [0.2, 0.25) is 0 Å². The second kappa shape index (κ2) is 12.1. The fourth-order valence-electron chi connectivity index (χ4n) is 5.16. The SMILES string of the molecule is CC(C)[C@H](NC(=O)C1(NC(=O)[C@@H]2CCCO2)CCCCC1)[C@H](O)C(=O)N[C@H]1CCCCNC1. The highest BCUT2D eigenvalue weighted by atomic mass is 16.5. The van der Waals surface area contributed by atoms with Crippen LogP contribution in [0.15, 0.2) is 0 Å². The molecule has 0 radical (unpaired) electrons. The summed E-state index contributed by atoms with van der Waals surface area (Å²) < 4.78 is 5.51. The van der Waals surface area contributed by atoms with Crippen molar-refractivity contribution >= 4 is 17.7 Å². The summed E-state index contributed by atoms with van der Waals surface area (Å²) in [5.41, 5.74) is -1.03. The second-order valence-corrected chi connectivity index (χ2v) is 10.2. The third-order valence-corrected chi connectivity index (χ3v) is 7.24. The summed E-state index contributed by atoms with van der Waals surface area (Å²) >= 11 is 0. The fraction of sp³-hybridized carbons (Fsp3) is 0.875.